The smallest absolute Gasteiger partial charge is 0.264 e. The third-order valence-corrected chi connectivity index (χ3v) is 4.53. The molecule has 7 heteroatoms. The first-order valence-electron chi connectivity index (χ1n) is 6.05. The van der Waals surface area contributed by atoms with E-state index in [1.165, 1.54) is 24.3 Å². The first-order valence-corrected chi connectivity index (χ1v) is 7.91. The average molecular weight is 329 g/mol. The molecule has 0 saturated heterocycles. The van der Waals surface area contributed by atoms with Crippen molar-refractivity contribution in [2.45, 2.75) is 4.90 Å². The van der Waals surface area contributed by atoms with Crippen molar-refractivity contribution in [1.82, 2.24) is 0 Å². The van der Waals surface area contributed by atoms with Gasteiger partial charge in [-0.1, -0.05) is 23.7 Å². The van der Waals surface area contributed by atoms with Crippen molar-refractivity contribution >= 4 is 33.0 Å². The lowest BCUT2D eigenvalue weighted by Gasteiger charge is -2.16. The number of halogens is 2. The zero-order valence-corrected chi connectivity index (χ0v) is 13.0. The summed E-state index contributed by atoms with van der Waals surface area (Å²) < 4.78 is 40.2. The van der Waals surface area contributed by atoms with Crippen LogP contribution in [0.3, 0.4) is 0 Å². The molecule has 0 fully saturated rings. The molecule has 0 aliphatic carbocycles. The Balaban J connectivity index is 2.34. The molecule has 2 rings (SSSR count). The van der Waals surface area contributed by atoms with Crippen LogP contribution in [0.1, 0.15) is 0 Å². The van der Waals surface area contributed by atoms with Gasteiger partial charge in [-0.15, -0.1) is 0 Å². The largest absolute Gasteiger partial charge is 0.376 e. The summed E-state index contributed by atoms with van der Waals surface area (Å²) in [6.45, 7) is 0. The number of sulfonamides is 1. The maximum absolute atomic E-state index is 13.6. The molecule has 0 unspecified atom stereocenters. The van der Waals surface area contributed by atoms with Crippen LogP contribution >= 0.6 is 11.6 Å². The zero-order chi connectivity index (χ0) is 15.6. The van der Waals surface area contributed by atoms with Crippen LogP contribution in [0.2, 0.25) is 5.02 Å². The molecule has 2 aromatic rings. The quantitative estimate of drug-likeness (QED) is 0.936. The molecule has 0 bridgehead atoms. The molecule has 0 aliphatic rings. The highest BCUT2D eigenvalue weighted by Gasteiger charge is 2.19. The van der Waals surface area contributed by atoms with E-state index in [9.17, 15) is 12.8 Å². The standard InChI is InChI=1S/C14H14ClFN2O2S/c1-18(2)13-8-7-10(9-11(13)15)17-21(19,20)14-6-4-3-5-12(14)16/h3-9,17H,1-2H3. The number of nitrogens with zero attached hydrogens (tertiary/aromatic N) is 1. The Morgan fingerprint density at radius 3 is 2.38 bits per heavy atom. The van der Waals surface area contributed by atoms with Gasteiger partial charge in [-0.05, 0) is 30.3 Å². The lowest BCUT2D eigenvalue weighted by Crippen LogP contribution is -2.15. The number of anilines is 2. The lowest BCUT2D eigenvalue weighted by molar-refractivity contribution is 0.570. The van der Waals surface area contributed by atoms with E-state index in [0.717, 1.165) is 11.8 Å². The highest BCUT2D eigenvalue weighted by Crippen LogP contribution is 2.28. The molecule has 0 aromatic heterocycles. The zero-order valence-electron chi connectivity index (χ0n) is 11.5. The first-order chi connectivity index (χ1) is 9.81. The minimum Gasteiger partial charge on any atom is -0.376 e. The van der Waals surface area contributed by atoms with E-state index in [-0.39, 0.29) is 5.69 Å². The van der Waals surface area contributed by atoms with Crippen LogP contribution in [0.5, 0.6) is 0 Å². The van der Waals surface area contributed by atoms with Gasteiger partial charge in [0, 0.05) is 14.1 Å². The van der Waals surface area contributed by atoms with Gasteiger partial charge in [0.05, 0.1) is 16.4 Å². The molecule has 0 radical (unpaired) electrons. The Morgan fingerprint density at radius 1 is 1.14 bits per heavy atom. The van der Waals surface area contributed by atoms with Gasteiger partial charge >= 0.3 is 0 Å². The summed E-state index contributed by atoms with van der Waals surface area (Å²) in [6.07, 6.45) is 0. The third-order valence-electron chi connectivity index (χ3n) is 2.81. The molecule has 0 aliphatic heterocycles. The summed E-state index contributed by atoms with van der Waals surface area (Å²) in [5.41, 5.74) is 1.03. The molecule has 112 valence electrons. The van der Waals surface area contributed by atoms with Gasteiger partial charge in [-0.2, -0.15) is 0 Å². The molecular formula is C14H14ClFN2O2S. The Labute approximate surface area is 128 Å². The summed E-state index contributed by atoms with van der Waals surface area (Å²) >= 11 is 6.08. The molecule has 2 aromatic carbocycles. The maximum Gasteiger partial charge on any atom is 0.264 e. The van der Waals surface area contributed by atoms with E-state index in [4.69, 9.17) is 11.6 Å². The Hall–Kier alpha value is -1.79. The van der Waals surface area contributed by atoms with Gasteiger partial charge in [0.1, 0.15) is 10.7 Å². The van der Waals surface area contributed by atoms with Gasteiger partial charge in [0.2, 0.25) is 0 Å². The number of rotatable bonds is 4. The summed E-state index contributed by atoms with van der Waals surface area (Å²) in [7, 11) is -0.343. The van der Waals surface area contributed by atoms with Gasteiger partial charge in [0.25, 0.3) is 10.0 Å². The molecule has 0 spiro atoms. The number of nitrogens with one attached hydrogen (secondary N) is 1. The molecular weight excluding hydrogens is 315 g/mol. The fraction of sp³-hybridized carbons (Fsp3) is 0.143. The fourth-order valence-corrected chi connectivity index (χ4v) is 3.29. The molecule has 0 heterocycles. The van der Waals surface area contributed by atoms with Crippen molar-refractivity contribution in [2.24, 2.45) is 0 Å². The van der Waals surface area contributed by atoms with Crippen LogP contribution in [0.4, 0.5) is 15.8 Å². The van der Waals surface area contributed by atoms with Crippen molar-refractivity contribution in [3.63, 3.8) is 0 Å². The maximum atomic E-state index is 13.6. The van der Waals surface area contributed by atoms with Crippen molar-refractivity contribution in [3.8, 4) is 0 Å². The third kappa shape index (κ3) is 3.46. The summed E-state index contributed by atoms with van der Waals surface area (Å²) in [5, 5.41) is 0.397. The van der Waals surface area contributed by atoms with Crippen LogP contribution in [0, 0.1) is 5.82 Å². The van der Waals surface area contributed by atoms with E-state index in [0.29, 0.717) is 5.02 Å². The lowest BCUT2D eigenvalue weighted by atomic mass is 10.3. The average Bonchev–Trinajstić information content (AvgIpc) is 2.38. The van der Waals surface area contributed by atoms with E-state index in [2.05, 4.69) is 4.72 Å². The van der Waals surface area contributed by atoms with Crippen molar-refractivity contribution in [3.05, 3.63) is 53.3 Å². The molecule has 0 saturated carbocycles. The summed E-state index contributed by atoms with van der Waals surface area (Å²) in [6, 6.07) is 9.91. The SMILES string of the molecule is CN(C)c1ccc(NS(=O)(=O)c2ccccc2F)cc1Cl. The molecule has 21 heavy (non-hydrogen) atoms. The van der Waals surface area contributed by atoms with Crippen LogP contribution in [-0.4, -0.2) is 22.5 Å². The van der Waals surface area contributed by atoms with Gasteiger partial charge in [-0.3, -0.25) is 4.72 Å². The van der Waals surface area contributed by atoms with Gasteiger partial charge in [-0.25, -0.2) is 12.8 Å². The fourth-order valence-electron chi connectivity index (χ4n) is 1.81. The van der Waals surface area contributed by atoms with Gasteiger partial charge < -0.3 is 4.90 Å². The highest BCUT2D eigenvalue weighted by atomic mass is 35.5. The minimum absolute atomic E-state index is 0.272. The minimum atomic E-state index is -3.99. The molecule has 1 N–H and O–H groups in total. The Bertz CT molecular complexity index is 763. The van der Waals surface area contributed by atoms with Crippen LogP contribution in [0.15, 0.2) is 47.4 Å². The van der Waals surface area contributed by atoms with E-state index < -0.39 is 20.7 Å². The van der Waals surface area contributed by atoms with E-state index in [1.807, 2.05) is 14.1 Å². The Morgan fingerprint density at radius 2 is 1.81 bits per heavy atom. The Kier molecular flexibility index (Phi) is 4.39. The normalized spacial score (nSPS) is 11.2. The second-order valence-corrected chi connectivity index (χ2v) is 6.65. The number of hydrogen-bond donors (Lipinski definition) is 1. The monoisotopic (exact) mass is 328 g/mol. The van der Waals surface area contributed by atoms with Crippen LogP contribution in [0.25, 0.3) is 0 Å². The summed E-state index contributed by atoms with van der Waals surface area (Å²) in [5.74, 6) is -0.805. The molecule has 4 nitrogen and oxygen atoms in total. The second-order valence-electron chi connectivity index (χ2n) is 4.60. The topological polar surface area (TPSA) is 49.4 Å². The van der Waals surface area contributed by atoms with Crippen molar-refractivity contribution in [2.75, 3.05) is 23.7 Å². The predicted octanol–water partition coefficient (Wildman–Crippen LogP) is 3.35. The molecule has 0 atom stereocenters. The van der Waals surface area contributed by atoms with Crippen LogP contribution < -0.4 is 9.62 Å². The summed E-state index contributed by atoms with van der Waals surface area (Å²) in [4.78, 5) is 1.40. The van der Waals surface area contributed by atoms with Crippen molar-refractivity contribution in [1.29, 1.82) is 0 Å². The molecule has 0 amide bonds. The predicted molar refractivity (Wildman–Crippen MR) is 83.0 cm³/mol. The second kappa shape index (κ2) is 5.91. The first kappa shape index (κ1) is 15.6. The van der Waals surface area contributed by atoms with Crippen LogP contribution in [-0.2, 0) is 10.0 Å². The van der Waals surface area contributed by atoms with Gasteiger partial charge in [0.15, 0.2) is 0 Å². The van der Waals surface area contributed by atoms with E-state index in [1.54, 1.807) is 17.0 Å². The highest BCUT2D eigenvalue weighted by molar-refractivity contribution is 7.92. The number of benzene rings is 2. The van der Waals surface area contributed by atoms with E-state index >= 15 is 0 Å². The number of hydrogen-bond acceptors (Lipinski definition) is 3. The van der Waals surface area contributed by atoms with Crippen molar-refractivity contribution < 1.29 is 12.8 Å².